The molecule has 1 N–H and O–H groups in total. The molecule has 2 aromatic rings. The lowest BCUT2D eigenvalue weighted by molar-refractivity contribution is -0.0978. The fraction of sp³-hybridized carbons (Fsp3) is 0.357. The summed E-state index contributed by atoms with van der Waals surface area (Å²) in [5.41, 5.74) is 0.00489. The van der Waals surface area contributed by atoms with Gasteiger partial charge in [-0.25, -0.2) is 4.39 Å². The van der Waals surface area contributed by atoms with E-state index in [0.29, 0.717) is 39.7 Å². The summed E-state index contributed by atoms with van der Waals surface area (Å²) in [5.74, 6) is -0.550. The molecule has 0 radical (unpaired) electrons. The van der Waals surface area contributed by atoms with Crippen LogP contribution in [0.2, 0.25) is 5.02 Å². The Balaban J connectivity index is 1.82. The van der Waals surface area contributed by atoms with Crippen molar-refractivity contribution in [2.24, 2.45) is 5.41 Å². The number of hydrogen-bond acceptors (Lipinski definition) is 3. The van der Waals surface area contributed by atoms with Crippen LogP contribution in [-0.4, -0.2) is 25.7 Å². The van der Waals surface area contributed by atoms with E-state index in [0.717, 1.165) is 0 Å². The summed E-state index contributed by atoms with van der Waals surface area (Å²) in [6.45, 7) is 3.90. The summed E-state index contributed by atoms with van der Waals surface area (Å²) in [7, 11) is 0. The summed E-state index contributed by atoms with van der Waals surface area (Å²) >= 11 is 7.41. The fourth-order valence-electron chi connectivity index (χ4n) is 2.11. The average molecular weight is 314 g/mol. The van der Waals surface area contributed by atoms with Gasteiger partial charge in [0, 0.05) is 22.0 Å². The minimum Gasteiger partial charge on any atom is -0.380 e. The molecule has 0 unspecified atom stereocenters. The molecule has 106 valence electrons. The van der Waals surface area contributed by atoms with Gasteiger partial charge in [0.15, 0.2) is 0 Å². The lowest BCUT2D eigenvalue weighted by Crippen LogP contribution is -2.48. The fourth-order valence-corrected chi connectivity index (χ4v) is 3.57. The van der Waals surface area contributed by atoms with Crippen LogP contribution in [0.25, 0.3) is 10.1 Å². The highest BCUT2D eigenvalue weighted by molar-refractivity contribution is 7.21. The van der Waals surface area contributed by atoms with Crippen LogP contribution in [0.1, 0.15) is 16.6 Å². The number of halogens is 2. The van der Waals surface area contributed by atoms with Gasteiger partial charge >= 0.3 is 0 Å². The maximum absolute atomic E-state index is 13.2. The zero-order chi connectivity index (χ0) is 14.3. The number of amides is 1. The van der Waals surface area contributed by atoms with Gasteiger partial charge in [-0.2, -0.15) is 0 Å². The third-order valence-corrected chi connectivity index (χ3v) is 5.03. The standard InChI is InChI=1S/C14H13ClFNO2S/c1-14(6-19-7-14)5-17-13(18)12-11(15)9-3-2-8(16)4-10(9)20-12/h2-4H,5-7H2,1H3,(H,17,18). The van der Waals surface area contributed by atoms with E-state index in [4.69, 9.17) is 16.3 Å². The molecule has 6 heteroatoms. The Morgan fingerprint density at radius 2 is 2.30 bits per heavy atom. The van der Waals surface area contributed by atoms with Crippen molar-refractivity contribution in [3.63, 3.8) is 0 Å². The highest BCUT2D eigenvalue weighted by Gasteiger charge is 2.34. The van der Waals surface area contributed by atoms with Gasteiger partial charge in [-0.05, 0) is 18.2 Å². The Kier molecular flexibility index (Phi) is 3.44. The molecule has 3 nitrogen and oxygen atoms in total. The van der Waals surface area contributed by atoms with Crippen LogP contribution in [0.15, 0.2) is 18.2 Å². The minimum absolute atomic E-state index is 0.00489. The SMILES string of the molecule is CC1(CNC(=O)c2sc3cc(F)ccc3c2Cl)COC1. The van der Waals surface area contributed by atoms with Crippen molar-refractivity contribution in [2.45, 2.75) is 6.92 Å². The molecule has 0 atom stereocenters. The van der Waals surface area contributed by atoms with Crippen LogP contribution >= 0.6 is 22.9 Å². The zero-order valence-corrected chi connectivity index (χ0v) is 12.4. The van der Waals surface area contributed by atoms with Crippen molar-refractivity contribution in [1.82, 2.24) is 5.32 Å². The molecular weight excluding hydrogens is 301 g/mol. The van der Waals surface area contributed by atoms with Crippen LogP contribution in [0, 0.1) is 11.2 Å². The Morgan fingerprint density at radius 3 is 2.95 bits per heavy atom. The van der Waals surface area contributed by atoms with E-state index >= 15 is 0 Å². The second-order valence-corrected chi connectivity index (χ2v) is 6.80. The quantitative estimate of drug-likeness (QED) is 0.942. The molecule has 0 saturated carbocycles. The smallest absolute Gasteiger partial charge is 0.262 e. The van der Waals surface area contributed by atoms with Crippen molar-refractivity contribution in [3.8, 4) is 0 Å². The summed E-state index contributed by atoms with van der Waals surface area (Å²) in [5, 5.41) is 3.97. The van der Waals surface area contributed by atoms with Gasteiger partial charge in [-0.15, -0.1) is 11.3 Å². The molecule has 1 amide bonds. The third-order valence-electron chi connectivity index (χ3n) is 3.37. The summed E-state index contributed by atoms with van der Waals surface area (Å²) in [6, 6.07) is 4.33. The van der Waals surface area contributed by atoms with Crippen molar-refractivity contribution in [2.75, 3.05) is 19.8 Å². The number of carbonyl (C=O) groups is 1. The van der Waals surface area contributed by atoms with Gasteiger partial charge in [-0.1, -0.05) is 18.5 Å². The lowest BCUT2D eigenvalue weighted by atomic mass is 9.89. The number of thiophene rings is 1. The maximum Gasteiger partial charge on any atom is 0.262 e. The van der Waals surface area contributed by atoms with Crippen LogP contribution < -0.4 is 5.32 Å². The Labute approximate surface area is 124 Å². The first-order valence-electron chi connectivity index (χ1n) is 6.22. The minimum atomic E-state index is -0.332. The normalized spacial score (nSPS) is 16.9. The van der Waals surface area contributed by atoms with Gasteiger partial charge in [0.05, 0.1) is 18.2 Å². The third kappa shape index (κ3) is 2.41. The van der Waals surface area contributed by atoms with E-state index in [1.807, 2.05) is 0 Å². The number of fused-ring (bicyclic) bond motifs is 1. The summed E-state index contributed by atoms with van der Waals surface area (Å²) in [6.07, 6.45) is 0. The van der Waals surface area contributed by atoms with Gasteiger partial charge < -0.3 is 10.1 Å². The number of hydrogen-bond donors (Lipinski definition) is 1. The first-order chi connectivity index (χ1) is 9.48. The molecular formula is C14H13ClFNO2S. The van der Waals surface area contributed by atoms with Crippen molar-refractivity contribution >= 4 is 38.9 Å². The predicted molar refractivity (Wildman–Crippen MR) is 78.1 cm³/mol. The Hall–Kier alpha value is -1.17. The molecule has 0 spiro atoms. The highest BCUT2D eigenvalue weighted by atomic mass is 35.5. The molecule has 1 saturated heterocycles. The van der Waals surface area contributed by atoms with E-state index in [1.165, 1.54) is 23.5 Å². The molecule has 1 aliphatic rings. The van der Waals surface area contributed by atoms with E-state index in [-0.39, 0.29) is 17.1 Å². The monoisotopic (exact) mass is 313 g/mol. The molecule has 20 heavy (non-hydrogen) atoms. The predicted octanol–water partition coefficient (Wildman–Crippen LogP) is 3.46. The summed E-state index contributed by atoms with van der Waals surface area (Å²) < 4.78 is 19.0. The number of rotatable bonds is 3. The molecule has 2 heterocycles. The molecule has 1 aliphatic heterocycles. The zero-order valence-electron chi connectivity index (χ0n) is 10.8. The largest absolute Gasteiger partial charge is 0.380 e. The van der Waals surface area contributed by atoms with Crippen LogP contribution in [0.4, 0.5) is 4.39 Å². The summed E-state index contributed by atoms with van der Waals surface area (Å²) in [4.78, 5) is 12.6. The average Bonchev–Trinajstić information content (AvgIpc) is 2.70. The van der Waals surface area contributed by atoms with E-state index in [2.05, 4.69) is 12.2 Å². The topological polar surface area (TPSA) is 38.3 Å². The second-order valence-electron chi connectivity index (χ2n) is 5.37. The second kappa shape index (κ2) is 4.98. The first-order valence-corrected chi connectivity index (χ1v) is 7.41. The number of benzene rings is 1. The van der Waals surface area contributed by atoms with Crippen LogP contribution in [0.3, 0.4) is 0 Å². The molecule has 1 aromatic heterocycles. The van der Waals surface area contributed by atoms with Gasteiger partial charge in [0.25, 0.3) is 5.91 Å². The molecule has 1 aromatic carbocycles. The van der Waals surface area contributed by atoms with E-state index in [1.54, 1.807) is 6.07 Å². The van der Waals surface area contributed by atoms with E-state index in [9.17, 15) is 9.18 Å². The molecule has 1 fully saturated rings. The maximum atomic E-state index is 13.2. The first kappa shape index (κ1) is 13.8. The number of ether oxygens (including phenoxy) is 1. The molecule has 0 bridgehead atoms. The highest BCUT2D eigenvalue weighted by Crippen LogP contribution is 2.35. The van der Waals surface area contributed by atoms with Crippen LogP contribution in [-0.2, 0) is 4.74 Å². The van der Waals surface area contributed by atoms with Gasteiger partial charge in [0.2, 0.25) is 0 Å². The Bertz CT molecular complexity index is 681. The van der Waals surface area contributed by atoms with Crippen molar-refractivity contribution in [3.05, 3.63) is 33.9 Å². The van der Waals surface area contributed by atoms with Gasteiger partial charge in [0.1, 0.15) is 10.7 Å². The molecule has 0 aliphatic carbocycles. The lowest BCUT2D eigenvalue weighted by Gasteiger charge is -2.37. The molecule has 3 rings (SSSR count). The Morgan fingerprint density at radius 1 is 1.55 bits per heavy atom. The van der Waals surface area contributed by atoms with Gasteiger partial charge in [-0.3, -0.25) is 4.79 Å². The van der Waals surface area contributed by atoms with Crippen molar-refractivity contribution < 1.29 is 13.9 Å². The number of nitrogens with one attached hydrogen (secondary N) is 1. The van der Waals surface area contributed by atoms with Crippen molar-refractivity contribution in [1.29, 1.82) is 0 Å². The van der Waals surface area contributed by atoms with E-state index < -0.39 is 0 Å². The van der Waals surface area contributed by atoms with Crippen LogP contribution in [0.5, 0.6) is 0 Å². The number of carbonyl (C=O) groups excluding carboxylic acids is 1.